The number of hydrogen-bond acceptors (Lipinski definition) is 7. The summed E-state index contributed by atoms with van der Waals surface area (Å²) in [5, 5.41) is 0. The van der Waals surface area contributed by atoms with Gasteiger partial charge in [-0.3, -0.25) is 4.79 Å². The van der Waals surface area contributed by atoms with Crippen LogP contribution in [0.2, 0.25) is 0 Å². The van der Waals surface area contributed by atoms with Crippen LogP contribution in [0.1, 0.15) is 61.2 Å². The lowest BCUT2D eigenvalue weighted by Crippen LogP contribution is -2.17. The Hall–Kier alpha value is -5.04. The molecule has 0 spiro atoms. The van der Waals surface area contributed by atoms with Gasteiger partial charge in [-0.15, -0.1) is 0 Å². The number of Topliss-reactive ketones (excluding diaryl/α,β-unsaturated/α-hetero) is 1. The zero-order valence-electron chi connectivity index (χ0n) is 20.6. The molecule has 4 aromatic rings. The Balaban J connectivity index is 1.83. The van der Waals surface area contributed by atoms with E-state index in [0.29, 0.717) is 6.42 Å². The number of carbonyl (C=O) groups is 4. The molecule has 38 heavy (non-hydrogen) atoms. The van der Waals surface area contributed by atoms with Gasteiger partial charge in [-0.2, -0.15) is 0 Å². The van der Waals surface area contributed by atoms with Crippen LogP contribution in [0.25, 0.3) is 0 Å². The predicted octanol–water partition coefficient (Wildman–Crippen LogP) is 6.33. The molecule has 0 aliphatic rings. The summed E-state index contributed by atoms with van der Waals surface area (Å²) in [5.74, 6) is -3.47. The Morgan fingerprint density at radius 3 is 1.39 bits per heavy atom. The minimum Gasteiger partial charge on any atom is -0.419 e. The molecule has 0 saturated carbocycles. The van der Waals surface area contributed by atoms with Crippen LogP contribution in [-0.4, -0.2) is 23.7 Å². The molecule has 7 nitrogen and oxygen atoms in total. The first-order chi connectivity index (χ1) is 18.5. The fourth-order valence-corrected chi connectivity index (χ4v) is 3.59. The molecule has 0 atom stereocenters. The normalized spacial score (nSPS) is 10.3. The summed E-state index contributed by atoms with van der Waals surface area (Å²) < 4.78 is 16.9. The van der Waals surface area contributed by atoms with Crippen molar-refractivity contribution in [2.75, 3.05) is 0 Å². The molecule has 0 N–H and O–H groups in total. The molecule has 0 fully saturated rings. The van der Waals surface area contributed by atoms with E-state index in [1.54, 1.807) is 91.0 Å². The molecular weight excluding hydrogens is 484 g/mol. The van der Waals surface area contributed by atoms with Gasteiger partial charge in [0.25, 0.3) is 0 Å². The number of ketones is 1. The Morgan fingerprint density at radius 2 is 0.947 bits per heavy atom. The average molecular weight is 509 g/mol. The summed E-state index contributed by atoms with van der Waals surface area (Å²) in [6.07, 6.45) is 0.694. The molecule has 0 aliphatic carbocycles. The minimum absolute atomic E-state index is 0.0199. The lowest BCUT2D eigenvalue weighted by Gasteiger charge is -2.17. The Kier molecular flexibility index (Phi) is 8.41. The van der Waals surface area contributed by atoms with Gasteiger partial charge >= 0.3 is 17.9 Å². The van der Waals surface area contributed by atoms with Crippen molar-refractivity contribution in [2.45, 2.75) is 19.8 Å². The van der Waals surface area contributed by atoms with E-state index < -0.39 is 17.9 Å². The Labute approximate surface area is 219 Å². The third kappa shape index (κ3) is 6.20. The topological polar surface area (TPSA) is 96.0 Å². The van der Waals surface area contributed by atoms with E-state index in [2.05, 4.69) is 0 Å². The zero-order chi connectivity index (χ0) is 26.9. The monoisotopic (exact) mass is 508 g/mol. The zero-order valence-corrected chi connectivity index (χ0v) is 20.6. The first kappa shape index (κ1) is 26.0. The summed E-state index contributed by atoms with van der Waals surface area (Å²) in [6.45, 7) is 1.83. The molecule has 190 valence electrons. The summed E-state index contributed by atoms with van der Waals surface area (Å²) in [4.78, 5) is 51.9. The van der Waals surface area contributed by atoms with Crippen molar-refractivity contribution < 1.29 is 33.4 Å². The number of rotatable bonds is 9. The quantitative estimate of drug-likeness (QED) is 0.148. The van der Waals surface area contributed by atoms with Crippen molar-refractivity contribution in [1.82, 2.24) is 0 Å². The van der Waals surface area contributed by atoms with E-state index in [4.69, 9.17) is 14.2 Å². The second-order valence-electron chi connectivity index (χ2n) is 8.21. The maximum absolute atomic E-state index is 13.0. The summed E-state index contributed by atoms with van der Waals surface area (Å²) >= 11 is 0. The van der Waals surface area contributed by atoms with E-state index in [9.17, 15) is 19.2 Å². The maximum Gasteiger partial charge on any atom is 0.343 e. The first-order valence-electron chi connectivity index (χ1n) is 12.0. The van der Waals surface area contributed by atoms with Crippen molar-refractivity contribution in [1.29, 1.82) is 0 Å². The van der Waals surface area contributed by atoms with Crippen LogP contribution < -0.4 is 14.2 Å². The second-order valence-corrected chi connectivity index (χ2v) is 8.21. The molecule has 7 heteroatoms. The number of esters is 3. The number of carbonyl (C=O) groups excluding carboxylic acids is 4. The highest BCUT2D eigenvalue weighted by molar-refractivity contribution is 6.03. The van der Waals surface area contributed by atoms with Crippen LogP contribution in [0.3, 0.4) is 0 Å². The van der Waals surface area contributed by atoms with Gasteiger partial charge in [-0.1, -0.05) is 61.5 Å². The Morgan fingerprint density at radius 1 is 0.526 bits per heavy atom. The third-order valence-corrected chi connectivity index (χ3v) is 5.47. The van der Waals surface area contributed by atoms with Gasteiger partial charge in [0.2, 0.25) is 5.75 Å². The largest absolute Gasteiger partial charge is 0.419 e. The smallest absolute Gasteiger partial charge is 0.343 e. The average Bonchev–Trinajstić information content (AvgIpc) is 2.96. The van der Waals surface area contributed by atoms with Crippen molar-refractivity contribution in [3.8, 4) is 17.2 Å². The Bertz CT molecular complexity index is 1450. The van der Waals surface area contributed by atoms with Gasteiger partial charge in [0.1, 0.15) is 0 Å². The maximum atomic E-state index is 13.0. The van der Waals surface area contributed by atoms with E-state index >= 15 is 0 Å². The van der Waals surface area contributed by atoms with Crippen LogP contribution in [-0.2, 0) is 0 Å². The molecule has 0 heterocycles. The predicted molar refractivity (Wildman–Crippen MR) is 140 cm³/mol. The lowest BCUT2D eigenvalue weighted by molar-refractivity contribution is 0.0655. The molecule has 0 aliphatic heterocycles. The lowest BCUT2D eigenvalue weighted by atomic mass is 10.0. The van der Waals surface area contributed by atoms with Crippen LogP contribution in [0, 0.1) is 0 Å². The summed E-state index contributed by atoms with van der Waals surface area (Å²) in [6, 6.07) is 27.2. The van der Waals surface area contributed by atoms with Gasteiger partial charge in [0.05, 0.1) is 22.3 Å². The molecule has 0 amide bonds. The van der Waals surface area contributed by atoms with Gasteiger partial charge in [0.15, 0.2) is 17.3 Å². The SMILES string of the molecule is CCCC(=O)c1ccc(OC(=O)c2ccccc2)c(OC(=O)c2ccccc2)c1OC(=O)c1ccccc1. The number of ether oxygens (including phenoxy) is 3. The van der Waals surface area contributed by atoms with Crippen molar-refractivity contribution in [2.24, 2.45) is 0 Å². The molecule has 0 bridgehead atoms. The molecular formula is C31H24O7. The molecule has 0 unspecified atom stereocenters. The minimum atomic E-state index is -0.792. The van der Waals surface area contributed by atoms with Crippen LogP contribution in [0.5, 0.6) is 17.2 Å². The standard InChI is InChI=1S/C31H24O7/c1-2-12-25(32)24-19-20-26(36-29(33)21-13-6-3-7-14-21)28(38-31(35)23-17-10-5-11-18-23)27(24)37-30(34)22-15-8-4-9-16-22/h3-11,13-20H,2,12H2,1H3. The molecule has 0 radical (unpaired) electrons. The molecule has 0 saturated heterocycles. The third-order valence-electron chi connectivity index (χ3n) is 5.47. The first-order valence-corrected chi connectivity index (χ1v) is 12.0. The summed E-state index contributed by atoms with van der Waals surface area (Å²) in [5.41, 5.74) is 0.695. The number of hydrogen-bond donors (Lipinski definition) is 0. The van der Waals surface area contributed by atoms with E-state index in [1.165, 1.54) is 12.1 Å². The van der Waals surface area contributed by atoms with Crippen LogP contribution in [0.4, 0.5) is 0 Å². The van der Waals surface area contributed by atoms with Crippen molar-refractivity contribution in [3.05, 3.63) is 125 Å². The molecule has 4 rings (SSSR count). The molecule has 4 aromatic carbocycles. The van der Waals surface area contributed by atoms with E-state index in [1.807, 2.05) is 6.92 Å². The highest BCUT2D eigenvalue weighted by Gasteiger charge is 2.28. The van der Waals surface area contributed by atoms with Crippen molar-refractivity contribution in [3.63, 3.8) is 0 Å². The fraction of sp³-hybridized carbons (Fsp3) is 0.0968. The number of benzene rings is 4. The van der Waals surface area contributed by atoms with E-state index in [-0.39, 0.29) is 51.7 Å². The van der Waals surface area contributed by atoms with Crippen LogP contribution >= 0.6 is 0 Å². The van der Waals surface area contributed by atoms with Crippen LogP contribution in [0.15, 0.2) is 103 Å². The van der Waals surface area contributed by atoms with Gasteiger partial charge in [0, 0.05) is 6.42 Å². The fourth-order valence-electron chi connectivity index (χ4n) is 3.59. The van der Waals surface area contributed by atoms with Gasteiger partial charge in [-0.05, 0) is 55.0 Å². The second kappa shape index (κ2) is 12.3. The van der Waals surface area contributed by atoms with E-state index in [0.717, 1.165) is 0 Å². The molecule has 0 aromatic heterocycles. The summed E-state index contributed by atoms with van der Waals surface area (Å²) in [7, 11) is 0. The van der Waals surface area contributed by atoms with Gasteiger partial charge in [-0.25, -0.2) is 14.4 Å². The van der Waals surface area contributed by atoms with Gasteiger partial charge < -0.3 is 14.2 Å². The highest BCUT2D eigenvalue weighted by Crippen LogP contribution is 2.42. The highest BCUT2D eigenvalue weighted by atomic mass is 16.6. The van der Waals surface area contributed by atoms with Crippen molar-refractivity contribution >= 4 is 23.7 Å².